The van der Waals surface area contributed by atoms with Crippen molar-refractivity contribution < 1.29 is 0 Å². The van der Waals surface area contributed by atoms with E-state index in [-0.39, 0.29) is 0 Å². The van der Waals surface area contributed by atoms with Crippen LogP contribution in [0.3, 0.4) is 0 Å². The van der Waals surface area contributed by atoms with Crippen LogP contribution in [-0.2, 0) is 0 Å². The first-order valence-electron chi connectivity index (χ1n) is 6.60. The van der Waals surface area contributed by atoms with Crippen molar-refractivity contribution in [3.63, 3.8) is 0 Å². The average Bonchev–Trinajstić information content (AvgIpc) is 2.48. The van der Waals surface area contributed by atoms with Crippen molar-refractivity contribution in [1.29, 1.82) is 0 Å². The van der Waals surface area contributed by atoms with Gasteiger partial charge in [-0.3, -0.25) is 0 Å². The van der Waals surface area contributed by atoms with Crippen LogP contribution in [0, 0.1) is 4.91 Å². The molecule has 0 radical (unpaired) electrons. The highest BCUT2D eigenvalue weighted by Crippen LogP contribution is 2.24. The molecule has 0 saturated heterocycles. The molecule has 1 aliphatic heterocycles. The summed E-state index contributed by atoms with van der Waals surface area (Å²) in [5.74, 6) is 0. The molecule has 1 aromatic rings. The SMILES string of the molecule is CCCCN1C=CC(=C(N=O)c2ccccc2)C=C1. The minimum Gasteiger partial charge on any atom is -0.354 e. The first kappa shape index (κ1) is 13.3. The van der Waals surface area contributed by atoms with Gasteiger partial charge in [-0.25, -0.2) is 0 Å². The third-order valence-corrected chi connectivity index (χ3v) is 3.07. The fourth-order valence-corrected chi connectivity index (χ4v) is 1.97. The van der Waals surface area contributed by atoms with E-state index in [1.165, 1.54) is 6.42 Å². The second kappa shape index (κ2) is 6.69. The Labute approximate surface area is 113 Å². The Bertz CT molecular complexity index is 499. The molecule has 0 aliphatic carbocycles. The van der Waals surface area contributed by atoms with Gasteiger partial charge in [0.05, 0.1) is 0 Å². The fraction of sp³-hybridized carbons (Fsp3) is 0.250. The fourth-order valence-electron chi connectivity index (χ4n) is 1.97. The summed E-state index contributed by atoms with van der Waals surface area (Å²) in [4.78, 5) is 13.2. The molecular formula is C16H18N2O. The topological polar surface area (TPSA) is 32.7 Å². The Morgan fingerprint density at radius 3 is 2.42 bits per heavy atom. The Morgan fingerprint density at radius 2 is 1.84 bits per heavy atom. The number of allylic oxidation sites excluding steroid dienone is 3. The zero-order valence-electron chi connectivity index (χ0n) is 11.1. The molecule has 0 N–H and O–H groups in total. The van der Waals surface area contributed by atoms with Gasteiger partial charge in [0.1, 0.15) is 5.70 Å². The zero-order chi connectivity index (χ0) is 13.5. The van der Waals surface area contributed by atoms with Gasteiger partial charge < -0.3 is 4.90 Å². The monoisotopic (exact) mass is 254 g/mol. The molecular weight excluding hydrogens is 236 g/mol. The molecule has 0 aromatic heterocycles. The molecule has 0 amide bonds. The Balaban J connectivity index is 2.19. The smallest absolute Gasteiger partial charge is 0.122 e. The van der Waals surface area contributed by atoms with Gasteiger partial charge in [-0.2, -0.15) is 0 Å². The van der Waals surface area contributed by atoms with Crippen molar-refractivity contribution in [2.24, 2.45) is 5.18 Å². The Hall–Kier alpha value is -2.16. The zero-order valence-corrected chi connectivity index (χ0v) is 11.1. The van der Waals surface area contributed by atoms with Crippen LogP contribution in [0.4, 0.5) is 0 Å². The van der Waals surface area contributed by atoms with E-state index < -0.39 is 0 Å². The largest absolute Gasteiger partial charge is 0.354 e. The summed E-state index contributed by atoms with van der Waals surface area (Å²) in [7, 11) is 0. The van der Waals surface area contributed by atoms with Crippen LogP contribution < -0.4 is 0 Å². The van der Waals surface area contributed by atoms with Gasteiger partial charge >= 0.3 is 0 Å². The van der Waals surface area contributed by atoms with E-state index in [0.717, 1.165) is 24.1 Å². The highest BCUT2D eigenvalue weighted by molar-refractivity contribution is 5.72. The van der Waals surface area contributed by atoms with Gasteiger partial charge in [0.15, 0.2) is 0 Å². The van der Waals surface area contributed by atoms with Crippen LogP contribution in [0.1, 0.15) is 25.3 Å². The maximum atomic E-state index is 11.1. The summed E-state index contributed by atoms with van der Waals surface area (Å²) >= 11 is 0. The lowest BCUT2D eigenvalue weighted by Gasteiger charge is -2.18. The summed E-state index contributed by atoms with van der Waals surface area (Å²) in [6.07, 6.45) is 10.2. The van der Waals surface area contributed by atoms with Gasteiger partial charge in [0, 0.05) is 30.1 Å². The van der Waals surface area contributed by atoms with Crippen LogP contribution in [0.25, 0.3) is 5.70 Å². The third-order valence-electron chi connectivity index (χ3n) is 3.07. The molecule has 1 aromatic carbocycles. The van der Waals surface area contributed by atoms with E-state index in [1.54, 1.807) is 0 Å². The predicted molar refractivity (Wildman–Crippen MR) is 79.1 cm³/mol. The van der Waals surface area contributed by atoms with E-state index in [9.17, 15) is 4.91 Å². The van der Waals surface area contributed by atoms with Gasteiger partial charge in [-0.1, -0.05) is 43.7 Å². The molecule has 0 atom stereocenters. The molecule has 0 spiro atoms. The molecule has 98 valence electrons. The number of hydrogen-bond donors (Lipinski definition) is 0. The normalized spacial score (nSPS) is 13.7. The summed E-state index contributed by atoms with van der Waals surface area (Å²) in [5, 5.41) is 3.18. The first-order valence-corrected chi connectivity index (χ1v) is 6.60. The Morgan fingerprint density at radius 1 is 1.16 bits per heavy atom. The molecule has 3 heteroatoms. The van der Waals surface area contributed by atoms with Crippen LogP contribution in [-0.4, -0.2) is 11.4 Å². The lowest BCUT2D eigenvalue weighted by Crippen LogP contribution is -2.13. The van der Waals surface area contributed by atoms with Crippen molar-refractivity contribution in [3.8, 4) is 0 Å². The lowest BCUT2D eigenvalue weighted by atomic mass is 10.1. The molecule has 19 heavy (non-hydrogen) atoms. The van der Waals surface area contributed by atoms with Crippen molar-refractivity contribution in [1.82, 2.24) is 4.90 Å². The maximum Gasteiger partial charge on any atom is 0.122 e. The second-order valence-corrected chi connectivity index (χ2v) is 4.48. The van der Waals surface area contributed by atoms with Crippen molar-refractivity contribution >= 4 is 5.70 Å². The van der Waals surface area contributed by atoms with Crippen LogP contribution in [0.2, 0.25) is 0 Å². The van der Waals surface area contributed by atoms with Gasteiger partial charge in [0.25, 0.3) is 0 Å². The molecule has 0 fully saturated rings. The number of nitroso groups, excluding NO2 is 1. The van der Waals surface area contributed by atoms with Crippen LogP contribution >= 0.6 is 0 Å². The highest BCUT2D eigenvalue weighted by Gasteiger charge is 2.09. The summed E-state index contributed by atoms with van der Waals surface area (Å²) in [6.45, 7) is 3.18. The lowest BCUT2D eigenvalue weighted by molar-refractivity contribution is 0.481. The van der Waals surface area contributed by atoms with Gasteiger partial charge in [-0.15, -0.1) is 4.91 Å². The molecule has 0 bridgehead atoms. The number of rotatable bonds is 5. The summed E-state index contributed by atoms with van der Waals surface area (Å²) in [6, 6.07) is 9.54. The summed E-state index contributed by atoms with van der Waals surface area (Å²) in [5.41, 5.74) is 2.20. The quantitative estimate of drug-likeness (QED) is 0.733. The number of unbranched alkanes of at least 4 members (excludes halogenated alkanes) is 1. The molecule has 0 unspecified atom stereocenters. The molecule has 3 nitrogen and oxygen atoms in total. The van der Waals surface area contributed by atoms with Gasteiger partial charge in [0.2, 0.25) is 0 Å². The van der Waals surface area contributed by atoms with Crippen molar-refractivity contribution in [3.05, 3.63) is 70.9 Å². The number of nitrogens with zero attached hydrogens (tertiary/aromatic N) is 2. The number of benzene rings is 1. The minimum absolute atomic E-state index is 0.489. The van der Waals surface area contributed by atoms with E-state index in [4.69, 9.17) is 0 Å². The van der Waals surface area contributed by atoms with Crippen molar-refractivity contribution in [2.45, 2.75) is 19.8 Å². The average molecular weight is 254 g/mol. The molecule has 0 saturated carbocycles. The molecule has 2 rings (SSSR count). The van der Waals surface area contributed by atoms with E-state index in [0.29, 0.717) is 5.70 Å². The maximum absolute atomic E-state index is 11.1. The first-order chi connectivity index (χ1) is 9.35. The van der Waals surface area contributed by atoms with Crippen LogP contribution in [0.5, 0.6) is 0 Å². The Kier molecular flexibility index (Phi) is 4.67. The van der Waals surface area contributed by atoms with E-state index >= 15 is 0 Å². The van der Waals surface area contributed by atoms with Crippen molar-refractivity contribution in [2.75, 3.05) is 6.54 Å². The van der Waals surface area contributed by atoms with E-state index in [1.807, 2.05) is 54.9 Å². The summed E-state index contributed by atoms with van der Waals surface area (Å²) < 4.78 is 0. The van der Waals surface area contributed by atoms with E-state index in [2.05, 4.69) is 17.0 Å². The standard InChI is InChI=1S/C16H18N2O/c1-2-3-11-18-12-9-15(10-13-18)16(17-19)14-7-5-4-6-8-14/h4-10,12-13H,2-3,11H2,1H3. The highest BCUT2D eigenvalue weighted by atomic mass is 16.3. The predicted octanol–water partition coefficient (Wildman–Crippen LogP) is 4.31. The molecule has 1 heterocycles. The van der Waals surface area contributed by atoms with Gasteiger partial charge in [-0.05, 0) is 23.7 Å². The van der Waals surface area contributed by atoms with Crippen LogP contribution in [0.15, 0.2) is 65.6 Å². The molecule has 1 aliphatic rings. The third kappa shape index (κ3) is 3.41. The second-order valence-electron chi connectivity index (χ2n) is 4.48. The minimum atomic E-state index is 0.489. The number of hydrogen-bond acceptors (Lipinski definition) is 3.